The van der Waals surface area contributed by atoms with Crippen molar-refractivity contribution < 1.29 is 14.6 Å². The minimum absolute atomic E-state index is 0.110. The third kappa shape index (κ3) is 5.42. The predicted octanol–water partition coefficient (Wildman–Crippen LogP) is 6.85. The fourth-order valence-electron chi connectivity index (χ4n) is 7.91. The first-order valence-corrected chi connectivity index (χ1v) is 17.0. The van der Waals surface area contributed by atoms with Crippen molar-refractivity contribution in [3.63, 3.8) is 0 Å². The van der Waals surface area contributed by atoms with Gasteiger partial charge in [0.25, 0.3) is 0 Å². The van der Waals surface area contributed by atoms with Gasteiger partial charge in [0.05, 0.1) is 6.54 Å². The number of carbonyl (C=O) groups is 1. The van der Waals surface area contributed by atoms with Gasteiger partial charge in [-0.1, -0.05) is 50.2 Å². The lowest BCUT2D eigenvalue weighted by atomic mass is 9.75. The molecule has 1 fully saturated rings. The lowest BCUT2D eigenvalue weighted by Gasteiger charge is -2.39. The van der Waals surface area contributed by atoms with E-state index in [1.807, 2.05) is 31.3 Å². The van der Waals surface area contributed by atoms with Gasteiger partial charge in [-0.3, -0.25) is 4.90 Å². The number of ether oxygens (including phenoxy) is 1. The van der Waals surface area contributed by atoms with Gasteiger partial charge in [-0.2, -0.15) is 0 Å². The third-order valence-electron chi connectivity index (χ3n) is 10.4. The second-order valence-electron chi connectivity index (χ2n) is 14.4. The van der Waals surface area contributed by atoms with Crippen LogP contribution in [-0.2, 0) is 31.3 Å². The molecule has 5 aromatic rings. The number of H-pyrrole nitrogens is 1. The largest absolute Gasteiger partial charge is 0.491 e. The number of pyridine rings is 1. The molecular weight excluding hydrogens is 602 g/mol. The van der Waals surface area contributed by atoms with Gasteiger partial charge in [-0.15, -0.1) is 0 Å². The number of nitrogens with zero attached hydrogens (tertiary/aromatic N) is 6. The topological polar surface area (TPSA) is 120 Å². The van der Waals surface area contributed by atoms with Crippen LogP contribution in [0.3, 0.4) is 0 Å². The normalized spacial score (nSPS) is 20.2. The van der Waals surface area contributed by atoms with Crippen LogP contribution in [0.2, 0.25) is 0 Å². The van der Waals surface area contributed by atoms with Crippen LogP contribution >= 0.6 is 0 Å². The number of aryl methyl sites for hydroxylation is 2. The molecule has 3 aromatic heterocycles. The molecule has 0 saturated carbocycles. The lowest BCUT2D eigenvalue weighted by Crippen LogP contribution is -2.48. The van der Waals surface area contributed by atoms with Crippen LogP contribution in [0.15, 0.2) is 60.8 Å². The summed E-state index contributed by atoms with van der Waals surface area (Å²) < 4.78 is 6.32. The summed E-state index contributed by atoms with van der Waals surface area (Å²) in [5.41, 5.74) is 7.30. The van der Waals surface area contributed by atoms with Crippen molar-refractivity contribution in [3.05, 3.63) is 94.8 Å². The zero-order valence-electron chi connectivity index (χ0n) is 27.8. The molecule has 5 heterocycles. The molecule has 1 atom stereocenters. The number of imidazole rings is 1. The van der Waals surface area contributed by atoms with Crippen LogP contribution < -0.4 is 9.64 Å². The van der Waals surface area contributed by atoms with Crippen molar-refractivity contribution >= 4 is 23.1 Å². The second-order valence-corrected chi connectivity index (χ2v) is 14.4. The van der Waals surface area contributed by atoms with E-state index in [0.29, 0.717) is 44.9 Å². The van der Waals surface area contributed by atoms with Crippen molar-refractivity contribution in [1.29, 1.82) is 0 Å². The second kappa shape index (κ2) is 11.6. The van der Waals surface area contributed by atoms with Gasteiger partial charge in [0.15, 0.2) is 11.5 Å². The first-order chi connectivity index (χ1) is 23.2. The molecule has 1 amide bonds. The van der Waals surface area contributed by atoms with E-state index in [2.05, 4.69) is 70.1 Å². The molecule has 1 aliphatic carbocycles. The summed E-state index contributed by atoms with van der Waals surface area (Å²) in [6, 6.07) is 18.6. The number of rotatable bonds is 5. The SMILES string of the molecule is Cc1nc2cc(-c3ccc4c(c3)CN(c3nc([C@@]5(Cc6ccccc6)CCCN5C(=O)O)nc5c3CC(C)(C)CC5)CCO4)cnc2[nH]1. The van der Waals surface area contributed by atoms with Gasteiger partial charge in [-0.25, -0.2) is 24.7 Å². The first-order valence-electron chi connectivity index (χ1n) is 17.0. The molecule has 0 bridgehead atoms. The zero-order chi connectivity index (χ0) is 33.0. The zero-order valence-corrected chi connectivity index (χ0v) is 27.8. The Morgan fingerprint density at radius 3 is 2.71 bits per heavy atom. The number of nitrogens with one attached hydrogen (secondary N) is 1. The van der Waals surface area contributed by atoms with Crippen LogP contribution in [0.4, 0.5) is 10.6 Å². The molecular formula is C38H41N7O3. The minimum Gasteiger partial charge on any atom is -0.491 e. The molecule has 246 valence electrons. The smallest absolute Gasteiger partial charge is 0.408 e. The molecule has 10 heteroatoms. The van der Waals surface area contributed by atoms with E-state index in [9.17, 15) is 9.90 Å². The highest BCUT2D eigenvalue weighted by Crippen LogP contribution is 2.45. The number of fused-ring (bicyclic) bond motifs is 3. The minimum atomic E-state index is -0.922. The highest BCUT2D eigenvalue weighted by atomic mass is 16.5. The molecule has 3 aliphatic rings. The number of hydrogen-bond acceptors (Lipinski definition) is 7. The Labute approximate surface area is 280 Å². The van der Waals surface area contributed by atoms with Crippen LogP contribution in [0.1, 0.15) is 67.1 Å². The first kappa shape index (κ1) is 30.4. The molecule has 2 N–H and O–H groups in total. The fourth-order valence-corrected chi connectivity index (χ4v) is 7.91. The maximum Gasteiger partial charge on any atom is 0.408 e. The molecule has 2 aliphatic heterocycles. The highest BCUT2D eigenvalue weighted by Gasteiger charge is 2.49. The van der Waals surface area contributed by atoms with Gasteiger partial charge < -0.3 is 19.7 Å². The van der Waals surface area contributed by atoms with Gasteiger partial charge >= 0.3 is 6.09 Å². The van der Waals surface area contributed by atoms with E-state index >= 15 is 0 Å². The van der Waals surface area contributed by atoms with E-state index in [-0.39, 0.29) is 5.41 Å². The number of aromatic amines is 1. The Kier molecular flexibility index (Phi) is 7.34. The maximum atomic E-state index is 12.8. The van der Waals surface area contributed by atoms with Crippen molar-refractivity contribution in [2.75, 3.05) is 24.6 Å². The molecule has 48 heavy (non-hydrogen) atoms. The molecule has 10 nitrogen and oxygen atoms in total. The Balaban J connectivity index is 1.23. The van der Waals surface area contributed by atoms with Crippen LogP contribution in [0.5, 0.6) is 5.75 Å². The monoisotopic (exact) mass is 643 g/mol. The van der Waals surface area contributed by atoms with Crippen molar-refractivity contribution in [1.82, 2.24) is 29.8 Å². The number of anilines is 1. The number of amides is 1. The Bertz CT molecular complexity index is 2020. The molecule has 0 spiro atoms. The maximum absolute atomic E-state index is 12.8. The van der Waals surface area contributed by atoms with Gasteiger partial charge in [0.2, 0.25) is 0 Å². The van der Waals surface area contributed by atoms with Crippen LogP contribution in [0, 0.1) is 12.3 Å². The van der Waals surface area contributed by atoms with Crippen molar-refractivity contribution in [3.8, 4) is 16.9 Å². The van der Waals surface area contributed by atoms with Crippen LogP contribution in [-0.4, -0.2) is 60.7 Å². The summed E-state index contributed by atoms with van der Waals surface area (Å²) in [5, 5.41) is 10.5. The van der Waals surface area contributed by atoms with Gasteiger partial charge in [0.1, 0.15) is 35.1 Å². The van der Waals surface area contributed by atoms with E-state index in [1.54, 1.807) is 4.90 Å². The van der Waals surface area contributed by atoms with E-state index in [0.717, 1.165) is 82.2 Å². The van der Waals surface area contributed by atoms with E-state index in [1.165, 1.54) is 5.56 Å². The Morgan fingerprint density at radius 2 is 1.88 bits per heavy atom. The third-order valence-corrected chi connectivity index (χ3v) is 10.4. The molecule has 1 saturated heterocycles. The quantitative estimate of drug-likeness (QED) is 0.213. The standard InChI is InChI=1S/C38H41N7O3/c1-24-40-31-19-27(22-39-33(31)41-24)26-10-11-32-28(18-26)23-44(16-17-48-32)34-29-21-37(2,3)14-12-30(29)42-35(43-34)38(13-7-15-45(38)36(46)47)20-25-8-5-4-6-9-25/h4-6,8-11,18-19,22H,7,12-17,20-21,23H2,1-3H3,(H,46,47)(H,39,40,41)/t38-/m0/s1. The summed E-state index contributed by atoms with van der Waals surface area (Å²) in [6.07, 6.45) is 5.68. The summed E-state index contributed by atoms with van der Waals surface area (Å²) in [4.78, 5) is 39.8. The van der Waals surface area contributed by atoms with E-state index < -0.39 is 11.6 Å². The molecule has 8 rings (SSSR count). The average molecular weight is 644 g/mol. The number of carboxylic acid groups (broad SMARTS) is 1. The Morgan fingerprint density at radius 1 is 1.02 bits per heavy atom. The summed E-state index contributed by atoms with van der Waals surface area (Å²) in [6.45, 7) is 8.81. The molecule has 0 radical (unpaired) electrons. The Hall–Kier alpha value is -4.99. The predicted molar refractivity (Wildman–Crippen MR) is 184 cm³/mol. The van der Waals surface area contributed by atoms with Gasteiger partial charge in [-0.05, 0) is 73.8 Å². The fraction of sp³-hybridized carbons (Fsp3) is 0.395. The van der Waals surface area contributed by atoms with Gasteiger partial charge in [0, 0.05) is 48.1 Å². The summed E-state index contributed by atoms with van der Waals surface area (Å²) >= 11 is 0. The van der Waals surface area contributed by atoms with E-state index in [4.69, 9.17) is 14.7 Å². The van der Waals surface area contributed by atoms with Crippen molar-refractivity contribution in [2.45, 2.75) is 71.4 Å². The number of likely N-dealkylation sites (tertiary alicyclic amines) is 1. The molecule has 0 unspecified atom stereocenters. The summed E-state index contributed by atoms with van der Waals surface area (Å²) in [5.74, 6) is 3.23. The van der Waals surface area contributed by atoms with Crippen molar-refractivity contribution in [2.24, 2.45) is 5.41 Å². The number of benzene rings is 2. The highest BCUT2D eigenvalue weighted by molar-refractivity contribution is 5.78. The summed E-state index contributed by atoms with van der Waals surface area (Å²) in [7, 11) is 0. The molecule has 2 aromatic carbocycles. The lowest BCUT2D eigenvalue weighted by molar-refractivity contribution is 0.0955. The average Bonchev–Trinajstić information content (AvgIpc) is 3.60. The van der Waals surface area contributed by atoms with Crippen LogP contribution in [0.25, 0.3) is 22.3 Å². The number of aromatic nitrogens is 5. The number of hydrogen-bond donors (Lipinski definition) is 2.